The first kappa shape index (κ1) is 15.6. The summed E-state index contributed by atoms with van der Waals surface area (Å²) in [4.78, 5) is 15.5. The number of nitrogens with zero attached hydrogens (tertiary/aromatic N) is 2. The van der Waals surface area contributed by atoms with E-state index in [0.717, 1.165) is 6.07 Å². The van der Waals surface area contributed by atoms with Crippen molar-refractivity contribution < 1.29 is 18.1 Å². The van der Waals surface area contributed by atoms with E-state index in [1.807, 2.05) is 0 Å². The van der Waals surface area contributed by atoms with E-state index in [4.69, 9.17) is 4.52 Å². The maximum absolute atomic E-state index is 13.8. The molecule has 1 saturated carbocycles. The number of carbonyl (C=O) groups excluding carboxylic acids is 1. The van der Waals surface area contributed by atoms with E-state index in [2.05, 4.69) is 15.5 Å². The van der Waals surface area contributed by atoms with Crippen LogP contribution in [0.1, 0.15) is 56.3 Å². The van der Waals surface area contributed by atoms with Crippen LogP contribution < -0.4 is 5.32 Å². The fraction of sp³-hybridized carbons (Fsp3) is 0.438. The van der Waals surface area contributed by atoms with E-state index in [1.165, 1.54) is 19.1 Å². The van der Waals surface area contributed by atoms with E-state index in [1.54, 1.807) is 13.8 Å². The van der Waals surface area contributed by atoms with Crippen molar-refractivity contribution in [2.24, 2.45) is 0 Å². The van der Waals surface area contributed by atoms with Crippen LogP contribution in [0.25, 0.3) is 0 Å². The number of amides is 1. The molecule has 5 nitrogen and oxygen atoms in total. The van der Waals surface area contributed by atoms with Gasteiger partial charge in [0.2, 0.25) is 11.8 Å². The SMILES string of the molecule is CC(=O)NC(C)(C)c1noc([C@@H]2C[C@@H]2c2ccc(F)cc2F)n1. The van der Waals surface area contributed by atoms with Gasteiger partial charge in [-0.2, -0.15) is 4.98 Å². The van der Waals surface area contributed by atoms with Gasteiger partial charge >= 0.3 is 0 Å². The molecule has 2 aromatic rings. The third-order valence-corrected chi connectivity index (χ3v) is 3.96. The summed E-state index contributed by atoms with van der Waals surface area (Å²) in [5.74, 6) is -0.743. The molecule has 0 saturated heterocycles. The maximum atomic E-state index is 13.8. The van der Waals surface area contributed by atoms with E-state index in [-0.39, 0.29) is 17.7 Å². The van der Waals surface area contributed by atoms with E-state index in [9.17, 15) is 13.6 Å². The molecular formula is C16H17F2N3O2. The van der Waals surface area contributed by atoms with Crippen molar-refractivity contribution in [2.75, 3.05) is 0 Å². The predicted molar refractivity (Wildman–Crippen MR) is 77.6 cm³/mol. The minimum Gasteiger partial charge on any atom is -0.344 e. The van der Waals surface area contributed by atoms with Gasteiger partial charge in [0.1, 0.15) is 11.6 Å². The van der Waals surface area contributed by atoms with Gasteiger partial charge in [0.15, 0.2) is 5.82 Å². The van der Waals surface area contributed by atoms with Gasteiger partial charge < -0.3 is 9.84 Å². The molecule has 7 heteroatoms. The molecular weight excluding hydrogens is 304 g/mol. The standard InChI is InChI=1S/C16H17F2N3O2/c1-8(22)20-16(2,3)15-19-14(23-21-15)12-7-11(12)10-5-4-9(17)6-13(10)18/h4-6,11-12H,7H2,1-3H3,(H,20,22)/t11-,12-/m1/s1. The second-order valence-electron chi connectivity index (χ2n) is 6.38. The number of hydrogen-bond donors (Lipinski definition) is 1. The Balaban J connectivity index is 1.77. The van der Waals surface area contributed by atoms with Crippen molar-refractivity contribution in [3.63, 3.8) is 0 Å². The van der Waals surface area contributed by atoms with Crippen molar-refractivity contribution in [1.29, 1.82) is 0 Å². The first-order valence-electron chi connectivity index (χ1n) is 7.35. The fourth-order valence-electron chi connectivity index (χ4n) is 2.75. The summed E-state index contributed by atoms with van der Waals surface area (Å²) in [6, 6.07) is 3.57. The van der Waals surface area contributed by atoms with Crippen LogP contribution in [-0.2, 0) is 10.3 Å². The van der Waals surface area contributed by atoms with Crippen LogP contribution in [0.2, 0.25) is 0 Å². The van der Waals surface area contributed by atoms with Crippen LogP contribution >= 0.6 is 0 Å². The van der Waals surface area contributed by atoms with Gasteiger partial charge in [0.25, 0.3) is 0 Å². The first-order valence-corrected chi connectivity index (χ1v) is 7.35. The quantitative estimate of drug-likeness (QED) is 0.940. The Morgan fingerprint density at radius 2 is 2.09 bits per heavy atom. The Morgan fingerprint density at radius 1 is 1.35 bits per heavy atom. The average molecular weight is 321 g/mol. The number of nitrogens with one attached hydrogen (secondary N) is 1. The van der Waals surface area contributed by atoms with E-state index >= 15 is 0 Å². The molecule has 3 rings (SSSR count). The average Bonchev–Trinajstić information content (AvgIpc) is 3.04. The molecule has 2 atom stereocenters. The van der Waals surface area contributed by atoms with Crippen molar-refractivity contribution in [3.8, 4) is 0 Å². The Kier molecular flexibility index (Phi) is 3.66. The smallest absolute Gasteiger partial charge is 0.230 e. The number of halogens is 2. The third kappa shape index (κ3) is 3.09. The molecule has 1 amide bonds. The van der Waals surface area contributed by atoms with Gasteiger partial charge in [-0.1, -0.05) is 11.2 Å². The highest BCUT2D eigenvalue weighted by atomic mass is 19.1. The van der Waals surface area contributed by atoms with E-state index < -0.39 is 17.2 Å². The lowest BCUT2D eigenvalue weighted by Crippen LogP contribution is -2.40. The number of benzene rings is 1. The Bertz CT molecular complexity index is 758. The highest BCUT2D eigenvalue weighted by Crippen LogP contribution is 2.54. The molecule has 0 bridgehead atoms. The second-order valence-corrected chi connectivity index (χ2v) is 6.38. The second kappa shape index (κ2) is 5.40. The Hall–Kier alpha value is -2.31. The van der Waals surface area contributed by atoms with Crippen LogP contribution in [0.4, 0.5) is 8.78 Å². The molecule has 1 N–H and O–H groups in total. The van der Waals surface area contributed by atoms with Crippen LogP contribution in [-0.4, -0.2) is 16.0 Å². The highest BCUT2D eigenvalue weighted by molar-refractivity contribution is 5.73. The van der Waals surface area contributed by atoms with Gasteiger partial charge in [-0.3, -0.25) is 4.79 Å². The van der Waals surface area contributed by atoms with Gasteiger partial charge in [-0.25, -0.2) is 8.78 Å². The summed E-state index contributed by atoms with van der Waals surface area (Å²) >= 11 is 0. The molecule has 1 aliphatic carbocycles. The van der Waals surface area contributed by atoms with E-state index in [0.29, 0.717) is 23.7 Å². The lowest BCUT2D eigenvalue weighted by Gasteiger charge is -2.20. The molecule has 0 spiro atoms. The molecule has 1 fully saturated rings. The van der Waals surface area contributed by atoms with Crippen LogP contribution in [0.5, 0.6) is 0 Å². The molecule has 1 heterocycles. The molecule has 23 heavy (non-hydrogen) atoms. The topological polar surface area (TPSA) is 68.0 Å². The summed E-state index contributed by atoms with van der Waals surface area (Å²) in [6.45, 7) is 4.96. The third-order valence-electron chi connectivity index (χ3n) is 3.96. The van der Waals surface area contributed by atoms with Crippen molar-refractivity contribution in [3.05, 3.63) is 47.1 Å². The fourth-order valence-corrected chi connectivity index (χ4v) is 2.75. The van der Waals surface area contributed by atoms with Crippen molar-refractivity contribution in [1.82, 2.24) is 15.5 Å². The zero-order valence-corrected chi connectivity index (χ0v) is 13.1. The summed E-state index contributed by atoms with van der Waals surface area (Å²) in [5.41, 5.74) is -0.295. The monoisotopic (exact) mass is 321 g/mol. The molecule has 0 aliphatic heterocycles. The zero-order chi connectivity index (χ0) is 16.8. The van der Waals surface area contributed by atoms with Gasteiger partial charge in [-0.15, -0.1) is 0 Å². The molecule has 1 aromatic carbocycles. The summed E-state index contributed by atoms with van der Waals surface area (Å²) in [6.07, 6.45) is 0.671. The number of carbonyl (C=O) groups is 1. The highest BCUT2D eigenvalue weighted by Gasteiger charge is 2.45. The molecule has 0 unspecified atom stereocenters. The van der Waals surface area contributed by atoms with Crippen molar-refractivity contribution >= 4 is 5.91 Å². The number of aromatic nitrogens is 2. The maximum Gasteiger partial charge on any atom is 0.230 e. The Labute approximate surface area is 132 Å². The molecule has 1 aliphatic rings. The summed E-state index contributed by atoms with van der Waals surface area (Å²) in [5, 5.41) is 6.65. The van der Waals surface area contributed by atoms with Gasteiger partial charge in [0, 0.05) is 18.9 Å². The molecule has 0 radical (unpaired) electrons. The summed E-state index contributed by atoms with van der Waals surface area (Å²) in [7, 11) is 0. The lowest BCUT2D eigenvalue weighted by atomic mass is 10.1. The van der Waals surface area contributed by atoms with Crippen molar-refractivity contribution in [2.45, 2.75) is 44.6 Å². The van der Waals surface area contributed by atoms with Gasteiger partial charge in [-0.05, 0) is 37.8 Å². The predicted octanol–water partition coefficient (Wildman–Crippen LogP) is 2.99. The zero-order valence-electron chi connectivity index (χ0n) is 13.1. The minimum atomic E-state index is -0.751. The first-order chi connectivity index (χ1) is 10.8. The largest absolute Gasteiger partial charge is 0.344 e. The lowest BCUT2D eigenvalue weighted by molar-refractivity contribution is -0.120. The van der Waals surface area contributed by atoms with Crippen LogP contribution in [0.15, 0.2) is 22.7 Å². The van der Waals surface area contributed by atoms with Crippen LogP contribution in [0.3, 0.4) is 0 Å². The van der Waals surface area contributed by atoms with Crippen LogP contribution in [0, 0.1) is 11.6 Å². The normalized spacial score (nSPS) is 20.4. The number of hydrogen-bond acceptors (Lipinski definition) is 4. The minimum absolute atomic E-state index is 0.0793. The molecule has 122 valence electrons. The number of rotatable bonds is 4. The van der Waals surface area contributed by atoms with Gasteiger partial charge in [0.05, 0.1) is 5.54 Å². The Morgan fingerprint density at radius 3 is 2.74 bits per heavy atom. The molecule has 1 aromatic heterocycles. The summed E-state index contributed by atoms with van der Waals surface area (Å²) < 4.78 is 32.1.